The van der Waals surface area contributed by atoms with Crippen LogP contribution in [0.4, 0.5) is 18.9 Å². The van der Waals surface area contributed by atoms with Gasteiger partial charge in [0.1, 0.15) is 6.54 Å². The summed E-state index contributed by atoms with van der Waals surface area (Å²) >= 11 is 0. The highest BCUT2D eigenvalue weighted by Crippen LogP contribution is 2.17. The van der Waals surface area contributed by atoms with Gasteiger partial charge in [-0.15, -0.1) is 0 Å². The molecular weight excluding hydrogens is 321 g/mol. The molecule has 0 radical (unpaired) electrons. The summed E-state index contributed by atoms with van der Waals surface area (Å²) in [4.78, 5) is 11.2. The van der Waals surface area contributed by atoms with E-state index in [4.69, 9.17) is 0 Å². The van der Waals surface area contributed by atoms with Crippen LogP contribution >= 0.6 is 0 Å². The minimum absolute atomic E-state index is 0.322. The maximum absolute atomic E-state index is 12.0. The minimum Gasteiger partial charge on any atom is -0.323 e. The number of amides is 1. The van der Waals surface area contributed by atoms with Crippen molar-refractivity contribution in [1.82, 2.24) is 4.72 Å². The van der Waals surface area contributed by atoms with Crippen molar-refractivity contribution in [3.63, 3.8) is 0 Å². The molecule has 0 heterocycles. The van der Waals surface area contributed by atoms with E-state index < -0.39 is 22.7 Å². The van der Waals surface area contributed by atoms with Crippen LogP contribution in [0.2, 0.25) is 0 Å². The maximum Gasteiger partial charge on any atom is 0.402 e. The summed E-state index contributed by atoms with van der Waals surface area (Å²) in [6.07, 6.45) is -3.28. The van der Waals surface area contributed by atoms with Crippen LogP contribution in [0.1, 0.15) is 13.8 Å². The Morgan fingerprint density at radius 2 is 1.73 bits per heavy atom. The van der Waals surface area contributed by atoms with E-state index in [2.05, 4.69) is 5.32 Å². The van der Waals surface area contributed by atoms with Gasteiger partial charge in [0.25, 0.3) is 0 Å². The van der Waals surface area contributed by atoms with Crippen molar-refractivity contribution < 1.29 is 26.4 Å². The lowest BCUT2D eigenvalue weighted by molar-refractivity contribution is -0.121. The van der Waals surface area contributed by atoms with Gasteiger partial charge in [-0.05, 0) is 38.1 Å². The molecule has 1 aromatic rings. The summed E-state index contributed by atoms with van der Waals surface area (Å²) < 4.78 is 60.9. The third-order valence-corrected chi connectivity index (χ3v) is 3.73. The van der Waals surface area contributed by atoms with Crippen LogP contribution in [0.3, 0.4) is 0 Å². The van der Waals surface area contributed by atoms with Crippen molar-refractivity contribution in [2.45, 2.75) is 24.9 Å². The number of nitrogens with one attached hydrogen (secondary N) is 2. The van der Waals surface area contributed by atoms with Crippen LogP contribution in [0.15, 0.2) is 40.8 Å². The molecule has 0 spiro atoms. The first-order valence-electron chi connectivity index (χ1n) is 6.12. The normalized spacial score (nSPS) is 11.9. The quantitative estimate of drug-likeness (QED) is 0.811. The number of rotatable bonds is 5. The summed E-state index contributed by atoms with van der Waals surface area (Å²) in [7, 11) is -4.25. The zero-order valence-corrected chi connectivity index (χ0v) is 12.7. The second kappa shape index (κ2) is 6.93. The van der Waals surface area contributed by atoms with Gasteiger partial charge in [0, 0.05) is 11.8 Å². The second-order valence-electron chi connectivity index (χ2n) is 4.68. The van der Waals surface area contributed by atoms with Gasteiger partial charge in [0.2, 0.25) is 15.9 Å². The highest BCUT2D eigenvalue weighted by Gasteiger charge is 2.29. The fourth-order valence-corrected chi connectivity index (χ4v) is 2.43. The number of halogens is 3. The van der Waals surface area contributed by atoms with Gasteiger partial charge in [0.05, 0.1) is 4.90 Å². The van der Waals surface area contributed by atoms with Gasteiger partial charge in [-0.3, -0.25) is 4.79 Å². The Morgan fingerprint density at radius 1 is 1.18 bits per heavy atom. The molecule has 0 saturated carbocycles. The molecule has 0 atom stereocenters. The van der Waals surface area contributed by atoms with Crippen molar-refractivity contribution in [3.8, 4) is 0 Å². The Bertz CT molecular complexity index is 661. The van der Waals surface area contributed by atoms with E-state index in [1.54, 1.807) is 13.8 Å². The Hall–Kier alpha value is -1.87. The van der Waals surface area contributed by atoms with E-state index in [0.717, 1.165) is 17.7 Å². The van der Waals surface area contributed by atoms with Gasteiger partial charge < -0.3 is 5.32 Å². The molecule has 2 N–H and O–H groups in total. The molecule has 22 heavy (non-hydrogen) atoms. The first-order chi connectivity index (χ1) is 9.99. The molecule has 5 nitrogen and oxygen atoms in total. The van der Waals surface area contributed by atoms with Crippen molar-refractivity contribution in [2.75, 3.05) is 11.9 Å². The maximum atomic E-state index is 12.0. The fraction of sp³-hybridized carbons (Fsp3) is 0.308. The number of hydrogen-bond acceptors (Lipinski definition) is 3. The molecule has 0 aliphatic rings. The molecule has 1 amide bonds. The van der Waals surface area contributed by atoms with Crippen LogP contribution in [-0.2, 0) is 14.8 Å². The number of sulfonamides is 1. The molecule has 9 heteroatoms. The number of alkyl halides is 3. The number of carbonyl (C=O) groups is 1. The Kier molecular flexibility index (Phi) is 5.72. The van der Waals surface area contributed by atoms with E-state index in [-0.39, 0.29) is 10.8 Å². The van der Waals surface area contributed by atoms with Crippen molar-refractivity contribution in [1.29, 1.82) is 0 Å². The van der Waals surface area contributed by atoms with Crippen LogP contribution in [0.5, 0.6) is 0 Å². The predicted octanol–water partition coefficient (Wildman–Crippen LogP) is 2.43. The average molecular weight is 336 g/mol. The van der Waals surface area contributed by atoms with Crippen LogP contribution < -0.4 is 10.0 Å². The monoisotopic (exact) mass is 336 g/mol. The third kappa shape index (κ3) is 6.27. The number of benzene rings is 1. The number of carbonyl (C=O) groups excluding carboxylic acids is 1. The van der Waals surface area contributed by atoms with E-state index in [9.17, 15) is 26.4 Å². The van der Waals surface area contributed by atoms with Gasteiger partial charge in [-0.2, -0.15) is 13.2 Å². The van der Waals surface area contributed by atoms with E-state index in [1.807, 2.05) is 0 Å². The van der Waals surface area contributed by atoms with Gasteiger partial charge >= 0.3 is 6.18 Å². The number of allylic oxidation sites excluding steroid dienone is 1. The predicted molar refractivity (Wildman–Crippen MR) is 75.7 cm³/mol. The first-order valence-corrected chi connectivity index (χ1v) is 7.60. The summed E-state index contributed by atoms with van der Waals surface area (Å²) in [6.45, 7) is 1.83. The van der Waals surface area contributed by atoms with Gasteiger partial charge in [-0.1, -0.05) is 5.57 Å². The smallest absolute Gasteiger partial charge is 0.323 e. The molecule has 0 aliphatic carbocycles. The van der Waals surface area contributed by atoms with Crippen molar-refractivity contribution in [2.24, 2.45) is 0 Å². The van der Waals surface area contributed by atoms with E-state index in [1.165, 1.54) is 22.9 Å². The molecule has 0 aliphatic heterocycles. The Labute approximate surface area is 126 Å². The highest BCUT2D eigenvalue weighted by molar-refractivity contribution is 7.89. The standard InChI is InChI=1S/C13H15F3N2O3S/c1-9(2)7-12(19)18-10-3-5-11(6-4-10)22(20,21)17-8-13(14,15)16/h3-7,17H,8H2,1-2H3,(H,18,19). The lowest BCUT2D eigenvalue weighted by Gasteiger charge is -2.10. The molecule has 1 rings (SSSR count). The Balaban J connectivity index is 2.80. The largest absolute Gasteiger partial charge is 0.402 e. The van der Waals surface area contributed by atoms with Crippen LogP contribution in [0, 0.1) is 0 Å². The van der Waals surface area contributed by atoms with E-state index in [0.29, 0.717) is 5.69 Å². The summed E-state index contributed by atoms with van der Waals surface area (Å²) in [5, 5.41) is 2.50. The van der Waals surface area contributed by atoms with Crippen molar-refractivity contribution in [3.05, 3.63) is 35.9 Å². The van der Waals surface area contributed by atoms with Crippen molar-refractivity contribution >= 4 is 21.6 Å². The SMILES string of the molecule is CC(C)=CC(=O)Nc1ccc(S(=O)(=O)NCC(F)(F)F)cc1. The zero-order valence-electron chi connectivity index (χ0n) is 11.9. The fourth-order valence-electron chi connectivity index (χ4n) is 1.42. The summed E-state index contributed by atoms with van der Waals surface area (Å²) in [5.74, 6) is -0.384. The Morgan fingerprint density at radius 3 is 2.18 bits per heavy atom. The molecule has 0 unspecified atom stereocenters. The molecule has 1 aromatic carbocycles. The summed E-state index contributed by atoms with van der Waals surface area (Å²) in [6, 6.07) is 4.80. The number of hydrogen-bond donors (Lipinski definition) is 2. The average Bonchev–Trinajstić information content (AvgIpc) is 2.35. The van der Waals surface area contributed by atoms with Gasteiger partial charge in [0.15, 0.2) is 0 Å². The number of anilines is 1. The van der Waals surface area contributed by atoms with Crippen LogP contribution in [-0.4, -0.2) is 27.0 Å². The lowest BCUT2D eigenvalue weighted by atomic mass is 10.3. The molecule has 0 saturated heterocycles. The summed E-state index contributed by atoms with van der Waals surface area (Å²) in [5.41, 5.74) is 1.12. The topological polar surface area (TPSA) is 75.3 Å². The molecule has 0 fully saturated rings. The second-order valence-corrected chi connectivity index (χ2v) is 6.44. The molecule has 122 valence electrons. The lowest BCUT2D eigenvalue weighted by Crippen LogP contribution is -2.33. The van der Waals surface area contributed by atoms with Gasteiger partial charge in [-0.25, -0.2) is 13.1 Å². The highest BCUT2D eigenvalue weighted by atomic mass is 32.2. The van der Waals surface area contributed by atoms with Crippen LogP contribution in [0.25, 0.3) is 0 Å². The molecule has 0 bridgehead atoms. The molecular formula is C13H15F3N2O3S. The molecule has 0 aromatic heterocycles. The minimum atomic E-state index is -4.63. The third-order valence-electron chi connectivity index (χ3n) is 2.31. The van der Waals surface area contributed by atoms with E-state index >= 15 is 0 Å². The first kappa shape index (κ1) is 18.2. The zero-order chi connectivity index (χ0) is 17.0.